The lowest BCUT2D eigenvalue weighted by molar-refractivity contribution is -0.123. The fraction of sp³-hybridized carbons (Fsp3) is 0.103. The number of nitrogens with one attached hydrogen (secondary N) is 1. The Hall–Kier alpha value is -3.80. The highest BCUT2D eigenvalue weighted by molar-refractivity contribution is 6.37. The lowest BCUT2D eigenvalue weighted by atomic mass is 10.1. The number of urea groups is 1. The van der Waals surface area contributed by atoms with Crippen LogP contribution in [-0.2, 0) is 17.9 Å². The summed E-state index contributed by atoms with van der Waals surface area (Å²) in [7, 11) is 0. The number of hydrogen-bond donors (Lipinski definition) is 1. The Morgan fingerprint density at radius 2 is 1.61 bits per heavy atom. The van der Waals surface area contributed by atoms with E-state index in [0.717, 1.165) is 27.5 Å². The molecule has 0 unspecified atom stereocenters. The van der Waals surface area contributed by atoms with Crippen molar-refractivity contribution >= 4 is 52.0 Å². The summed E-state index contributed by atoms with van der Waals surface area (Å²) in [6.07, 6.45) is 1.56. The van der Waals surface area contributed by atoms with Gasteiger partial charge in [-0.25, -0.2) is 4.79 Å². The molecule has 0 spiro atoms. The Bertz CT molecular complexity index is 1510. The molecule has 1 fully saturated rings. The number of benzene rings is 4. The lowest BCUT2D eigenvalue weighted by Crippen LogP contribution is -2.30. The van der Waals surface area contributed by atoms with Gasteiger partial charge in [-0.1, -0.05) is 89.4 Å². The second kappa shape index (κ2) is 10.1. The van der Waals surface area contributed by atoms with Gasteiger partial charge in [0.05, 0.1) is 16.6 Å². The van der Waals surface area contributed by atoms with E-state index in [1.54, 1.807) is 18.2 Å². The minimum absolute atomic E-state index is 0.157. The summed E-state index contributed by atoms with van der Waals surface area (Å²) in [5, 5.41) is 5.53. The van der Waals surface area contributed by atoms with E-state index in [0.29, 0.717) is 28.0 Å². The van der Waals surface area contributed by atoms with Crippen LogP contribution >= 0.6 is 23.2 Å². The first kappa shape index (κ1) is 23.9. The lowest BCUT2D eigenvalue weighted by Gasteiger charge is -2.12. The molecule has 5 rings (SSSR count). The Morgan fingerprint density at radius 3 is 2.36 bits per heavy atom. The fourth-order valence-corrected chi connectivity index (χ4v) is 4.77. The number of fused-ring (bicyclic) bond motifs is 1. The van der Waals surface area contributed by atoms with Crippen LogP contribution in [-0.4, -0.2) is 16.8 Å². The highest BCUT2D eigenvalue weighted by Crippen LogP contribution is 2.36. The van der Waals surface area contributed by atoms with Crippen molar-refractivity contribution < 1.29 is 14.3 Å². The van der Waals surface area contributed by atoms with Gasteiger partial charge in [0.15, 0.2) is 5.75 Å². The molecule has 1 heterocycles. The number of imide groups is 1. The van der Waals surface area contributed by atoms with Crippen molar-refractivity contribution in [3.05, 3.63) is 117 Å². The van der Waals surface area contributed by atoms with Gasteiger partial charge in [-0.2, -0.15) is 0 Å². The van der Waals surface area contributed by atoms with E-state index >= 15 is 0 Å². The van der Waals surface area contributed by atoms with E-state index in [1.807, 2.05) is 61.5 Å². The van der Waals surface area contributed by atoms with E-state index in [1.165, 1.54) is 4.90 Å². The summed E-state index contributed by atoms with van der Waals surface area (Å²) >= 11 is 13.0. The molecule has 0 saturated carbocycles. The average molecular weight is 517 g/mol. The summed E-state index contributed by atoms with van der Waals surface area (Å²) in [6, 6.07) is 24.7. The summed E-state index contributed by atoms with van der Waals surface area (Å²) in [5.74, 6) is -0.0538. The molecule has 0 atom stereocenters. The van der Waals surface area contributed by atoms with Gasteiger partial charge in [-0.3, -0.25) is 9.69 Å². The molecule has 0 aromatic heterocycles. The van der Waals surface area contributed by atoms with Crippen molar-refractivity contribution in [3.8, 4) is 5.75 Å². The first-order valence-corrected chi connectivity index (χ1v) is 12.1. The summed E-state index contributed by atoms with van der Waals surface area (Å²) < 4.78 is 5.93. The Labute approximate surface area is 218 Å². The van der Waals surface area contributed by atoms with Crippen molar-refractivity contribution in [1.29, 1.82) is 0 Å². The van der Waals surface area contributed by atoms with Crippen LogP contribution in [0.5, 0.6) is 5.75 Å². The second-order valence-electron chi connectivity index (χ2n) is 8.65. The fourth-order valence-electron chi connectivity index (χ4n) is 4.16. The number of rotatable bonds is 6. The van der Waals surface area contributed by atoms with Gasteiger partial charge in [0.1, 0.15) is 12.3 Å². The molecular formula is C29H22Cl2N2O3. The Balaban J connectivity index is 1.31. The molecule has 1 aliphatic rings. The van der Waals surface area contributed by atoms with E-state index < -0.39 is 11.9 Å². The molecule has 1 N–H and O–H groups in total. The van der Waals surface area contributed by atoms with Gasteiger partial charge in [0.2, 0.25) is 0 Å². The number of halogens is 2. The predicted molar refractivity (Wildman–Crippen MR) is 143 cm³/mol. The molecule has 4 aromatic carbocycles. The van der Waals surface area contributed by atoms with Crippen molar-refractivity contribution in [2.75, 3.05) is 0 Å². The molecule has 36 heavy (non-hydrogen) atoms. The maximum absolute atomic E-state index is 12.9. The normalized spacial score (nSPS) is 14.5. The molecule has 3 amide bonds. The molecule has 180 valence electrons. The zero-order valence-corrected chi connectivity index (χ0v) is 20.9. The number of hydrogen-bond acceptors (Lipinski definition) is 3. The van der Waals surface area contributed by atoms with E-state index in [4.69, 9.17) is 27.9 Å². The maximum Gasteiger partial charge on any atom is 0.329 e. The minimum atomic E-state index is -0.472. The van der Waals surface area contributed by atoms with Crippen LogP contribution in [0.1, 0.15) is 22.3 Å². The van der Waals surface area contributed by atoms with Gasteiger partial charge >= 0.3 is 6.03 Å². The molecular weight excluding hydrogens is 495 g/mol. The maximum atomic E-state index is 12.9. The minimum Gasteiger partial charge on any atom is -0.486 e. The third-order valence-electron chi connectivity index (χ3n) is 5.91. The van der Waals surface area contributed by atoms with Crippen molar-refractivity contribution in [2.45, 2.75) is 20.1 Å². The van der Waals surface area contributed by atoms with Gasteiger partial charge in [-0.15, -0.1) is 0 Å². The van der Waals surface area contributed by atoms with Gasteiger partial charge in [0.25, 0.3) is 5.91 Å². The van der Waals surface area contributed by atoms with Crippen LogP contribution in [0.15, 0.2) is 84.6 Å². The third-order valence-corrected chi connectivity index (χ3v) is 6.48. The highest BCUT2D eigenvalue weighted by atomic mass is 35.5. The van der Waals surface area contributed by atoms with Crippen LogP contribution in [0.4, 0.5) is 4.79 Å². The van der Waals surface area contributed by atoms with Crippen LogP contribution in [0, 0.1) is 6.92 Å². The molecule has 7 heteroatoms. The number of carbonyl (C=O) groups is 2. The second-order valence-corrected chi connectivity index (χ2v) is 9.47. The number of amides is 3. The SMILES string of the molecule is Cc1cccc(CN2C(=O)N/C(=C/c3cc(Cl)c(OCc4ccc5ccccc5c4)c(Cl)c3)C2=O)c1. The first-order chi connectivity index (χ1) is 17.4. The highest BCUT2D eigenvalue weighted by Gasteiger charge is 2.33. The smallest absolute Gasteiger partial charge is 0.329 e. The van der Waals surface area contributed by atoms with Crippen LogP contribution in [0.25, 0.3) is 16.8 Å². The Kier molecular flexibility index (Phi) is 6.68. The molecule has 5 nitrogen and oxygen atoms in total. The molecule has 4 aromatic rings. The van der Waals surface area contributed by atoms with E-state index in [-0.39, 0.29) is 12.2 Å². The summed E-state index contributed by atoms with van der Waals surface area (Å²) in [4.78, 5) is 26.5. The standard InChI is InChI=1S/C29H22Cl2N2O3/c1-18-5-4-6-19(11-18)16-33-28(34)26(32-29(33)35)15-21-13-24(30)27(25(31)14-21)36-17-20-9-10-22-7-2-3-8-23(22)12-20/h2-15H,16-17H2,1H3,(H,32,35)/b26-15+. The molecule has 0 bridgehead atoms. The topological polar surface area (TPSA) is 58.6 Å². The van der Waals surface area contributed by atoms with Crippen molar-refractivity contribution in [3.63, 3.8) is 0 Å². The Morgan fingerprint density at radius 1 is 0.861 bits per heavy atom. The molecule has 0 aliphatic carbocycles. The monoisotopic (exact) mass is 516 g/mol. The summed E-state index contributed by atoms with van der Waals surface area (Å²) in [5.41, 5.74) is 3.65. The van der Waals surface area contributed by atoms with E-state index in [9.17, 15) is 9.59 Å². The van der Waals surface area contributed by atoms with Gasteiger partial charge < -0.3 is 10.1 Å². The zero-order valence-electron chi connectivity index (χ0n) is 19.4. The van der Waals surface area contributed by atoms with Gasteiger partial charge in [-0.05, 0) is 58.7 Å². The quantitative estimate of drug-likeness (QED) is 0.219. The van der Waals surface area contributed by atoms with Gasteiger partial charge in [0, 0.05) is 0 Å². The summed E-state index contributed by atoms with van der Waals surface area (Å²) in [6.45, 7) is 2.45. The molecule has 1 aliphatic heterocycles. The zero-order chi connectivity index (χ0) is 25.2. The number of nitrogens with zero attached hydrogens (tertiary/aromatic N) is 1. The number of aryl methyl sites for hydroxylation is 1. The van der Waals surface area contributed by atoms with Crippen LogP contribution < -0.4 is 10.1 Å². The molecule has 1 saturated heterocycles. The van der Waals surface area contributed by atoms with E-state index in [2.05, 4.69) is 17.4 Å². The van der Waals surface area contributed by atoms with Crippen molar-refractivity contribution in [2.24, 2.45) is 0 Å². The largest absolute Gasteiger partial charge is 0.486 e. The first-order valence-electron chi connectivity index (χ1n) is 11.4. The van der Waals surface area contributed by atoms with Crippen molar-refractivity contribution in [1.82, 2.24) is 10.2 Å². The average Bonchev–Trinajstić information content (AvgIpc) is 3.10. The predicted octanol–water partition coefficient (Wildman–Crippen LogP) is 7.13. The van der Waals surface area contributed by atoms with Crippen LogP contribution in [0.2, 0.25) is 10.0 Å². The number of carbonyl (C=O) groups excluding carboxylic acids is 2. The van der Waals surface area contributed by atoms with Crippen LogP contribution in [0.3, 0.4) is 0 Å². The molecule has 0 radical (unpaired) electrons. The third kappa shape index (κ3) is 5.08. The number of ether oxygens (including phenoxy) is 1.